The fourth-order valence-corrected chi connectivity index (χ4v) is 3.36. The van der Waals surface area contributed by atoms with Crippen LogP contribution in [0.3, 0.4) is 0 Å². The van der Waals surface area contributed by atoms with Gasteiger partial charge in [0.2, 0.25) is 5.91 Å². The standard InChI is InChI=1S/C19H19NO5/c1-22-15-4-3-11(7-16(15)23-2)12-9-19(21)20-14-10-18-17(8-13(12)14)24-5-6-25-18/h3-4,7-8,10,12H,5-6,9H2,1-2H3,(H,20,21). The molecule has 2 aromatic rings. The molecule has 4 rings (SSSR count). The number of methoxy groups -OCH3 is 2. The Balaban J connectivity index is 1.80. The van der Waals surface area contributed by atoms with Gasteiger partial charge < -0.3 is 24.3 Å². The minimum atomic E-state index is -0.0839. The molecule has 6 nitrogen and oxygen atoms in total. The number of rotatable bonds is 3. The van der Waals surface area contributed by atoms with E-state index in [1.54, 1.807) is 14.2 Å². The number of benzene rings is 2. The van der Waals surface area contributed by atoms with Gasteiger partial charge >= 0.3 is 0 Å². The van der Waals surface area contributed by atoms with Gasteiger partial charge in [0.15, 0.2) is 23.0 Å². The molecule has 1 amide bonds. The van der Waals surface area contributed by atoms with E-state index in [-0.39, 0.29) is 11.8 Å². The summed E-state index contributed by atoms with van der Waals surface area (Å²) in [5, 5.41) is 2.93. The van der Waals surface area contributed by atoms with Crippen LogP contribution in [0.4, 0.5) is 5.69 Å². The fourth-order valence-electron chi connectivity index (χ4n) is 3.36. The highest BCUT2D eigenvalue weighted by Crippen LogP contribution is 2.45. The molecule has 0 aliphatic carbocycles. The van der Waals surface area contributed by atoms with Crippen molar-refractivity contribution >= 4 is 11.6 Å². The molecule has 0 spiro atoms. The summed E-state index contributed by atoms with van der Waals surface area (Å²) in [6, 6.07) is 9.55. The lowest BCUT2D eigenvalue weighted by atomic mass is 9.84. The van der Waals surface area contributed by atoms with Crippen molar-refractivity contribution < 1.29 is 23.7 Å². The molecule has 0 radical (unpaired) electrons. The lowest BCUT2D eigenvalue weighted by Gasteiger charge is -2.29. The molecule has 2 aromatic carbocycles. The van der Waals surface area contributed by atoms with Crippen molar-refractivity contribution in [2.45, 2.75) is 12.3 Å². The van der Waals surface area contributed by atoms with Crippen molar-refractivity contribution in [2.24, 2.45) is 0 Å². The Bertz CT molecular complexity index is 833. The quantitative estimate of drug-likeness (QED) is 0.930. The first kappa shape index (κ1) is 15.6. The van der Waals surface area contributed by atoms with Gasteiger partial charge in [0.25, 0.3) is 0 Å². The van der Waals surface area contributed by atoms with E-state index >= 15 is 0 Å². The molecule has 0 saturated heterocycles. The molecule has 2 aliphatic heterocycles. The molecular formula is C19H19NO5. The Morgan fingerprint density at radius 1 is 1.00 bits per heavy atom. The molecule has 6 heteroatoms. The van der Waals surface area contributed by atoms with Gasteiger partial charge in [-0.2, -0.15) is 0 Å². The summed E-state index contributed by atoms with van der Waals surface area (Å²) in [7, 11) is 3.20. The maximum Gasteiger partial charge on any atom is 0.225 e. The average Bonchev–Trinajstić information content (AvgIpc) is 2.65. The number of ether oxygens (including phenoxy) is 4. The van der Waals surface area contributed by atoms with Crippen molar-refractivity contribution in [1.29, 1.82) is 0 Å². The Kier molecular flexibility index (Phi) is 3.87. The van der Waals surface area contributed by atoms with Gasteiger partial charge in [0, 0.05) is 24.1 Å². The minimum absolute atomic E-state index is 0.0241. The second kappa shape index (κ2) is 6.20. The first-order chi connectivity index (χ1) is 12.2. The third-order valence-corrected chi connectivity index (χ3v) is 4.56. The van der Waals surface area contributed by atoms with Gasteiger partial charge in [-0.1, -0.05) is 6.07 Å². The zero-order valence-electron chi connectivity index (χ0n) is 14.1. The molecule has 1 N–H and O–H groups in total. The molecule has 0 aromatic heterocycles. The summed E-state index contributed by atoms with van der Waals surface area (Å²) >= 11 is 0. The highest BCUT2D eigenvalue weighted by Gasteiger charge is 2.30. The highest BCUT2D eigenvalue weighted by atomic mass is 16.6. The average molecular weight is 341 g/mol. The van der Waals surface area contributed by atoms with Crippen molar-refractivity contribution in [3.8, 4) is 23.0 Å². The molecule has 1 unspecified atom stereocenters. The van der Waals surface area contributed by atoms with Gasteiger partial charge in [0.1, 0.15) is 13.2 Å². The second-order valence-electron chi connectivity index (χ2n) is 6.00. The Labute approximate surface area is 145 Å². The van der Waals surface area contributed by atoms with Gasteiger partial charge in [0.05, 0.1) is 14.2 Å². The SMILES string of the molecule is COc1ccc(C2CC(=O)Nc3cc4c(cc32)OCCO4)cc1OC. The van der Waals surface area contributed by atoms with Crippen LogP contribution in [-0.4, -0.2) is 33.3 Å². The predicted molar refractivity (Wildman–Crippen MR) is 92.1 cm³/mol. The molecule has 2 aliphatic rings. The molecule has 0 fully saturated rings. The number of amides is 1. The van der Waals surface area contributed by atoms with Gasteiger partial charge in [-0.25, -0.2) is 0 Å². The van der Waals surface area contributed by atoms with Crippen LogP contribution in [-0.2, 0) is 4.79 Å². The van der Waals surface area contributed by atoms with Crippen LogP contribution in [0.2, 0.25) is 0 Å². The Hall–Kier alpha value is -2.89. The first-order valence-electron chi connectivity index (χ1n) is 8.15. The van der Waals surface area contributed by atoms with E-state index in [1.165, 1.54) is 0 Å². The normalized spacial score (nSPS) is 18.2. The van der Waals surface area contributed by atoms with E-state index in [4.69, 9.17) is 18.9 Å². The maximum atomic E-state index is 12.2. The fraction of sp³-hybridized carbons (Fsp3) is 0.316. The minimum Gasteiger partial charge on any atom is -0.493 e. The molecule has 0 saturated carbocycles. The third kappa shape index (κ3) is 2.73. The molecule has 25 heavy (non-hydrogen) atoms. The van der Waals surface area contributed by atoms with Crippen LogP contribution in [0, 0.1) is 0 Å². The topological polar surface area (TPSA) is 66.0 Å². The van der Waals surface area contributed by atoms with Crippen LogP contribution >= 0.6 is 0 Å². The lowest BCUT2D eigenvalue weighted by molar-refractivity contribution is -0.116. The number of carbonyl (C=O) groups excluding carboxylic acids is 1. The first-order valence-corrected chi connectivity index (χ1v) is 8.15. The van der Waals surface area contributed by atoms with E-state index in [2.05, 4.69) is 5.32 Å². The second-order valence-corrected chi connectivity index (χ2v) is 6.00. The molecule has 1 atom stereocenters. The predicted octanol–water partition coefficient (Wildman–Crippen LogP) is 2.95. The van der Waals surface area contributed by atoms with Gasteiger partial charge in [-0.3, -0.25) is 4.79 Å². The molecular weight excluding hydrogens is 322 g/mol. The molecule has 130 valence electrons. The van der Waals surface area contributed by atoms with Crippen molar-refractivity contribution in [3.63, 3.8) is 0 Å². The number of carbonyl (C=O) groups is 1. The van der Waals surface area contributed by atoms with Crippen LogP contribution in [0.1, 0.15) is 23.5 Å². The van der Waals surface area contributed by atoms with Crippen LogP contribution in [0.15, 0.2) is 30.3 Å². The summed E-state index contributed by atoms with van der Waals surface area (Å²) in [4.78, 5) is 12.2. The number of hydrogen-bond acceptors (Lipinski definition) is 5. The van der Waals surface area contributed by atoms with E-state index in [1.807, 2.05) is 30.3 Å². The van der Waals surface area contributed by atoms with Crippen molar-refractivity contribution in [1.82, 2.24) is 0 Å². The number of hydrogen-bond donors (Lipinski definition) is 1. The zero-order valence-corrected chi connectivity index (χ0v) is 14.1. The lowest BCUT2D eigenvalue weighted by Crippen LogP contribution is -2.24. The van der Waals surface area contributed by atoms with Crippen molar-refractivity contribution in [3.05, 3.63) is 41.5 Å². The largest absolute Gasteiger partial charge is 0.493 e. The van der Waals surface area contributed by atoms with Gasteiger partial charge in [-0.15, -0.1) is 0 Å². The number of nitrogens with one attached hydrogen (secondary N) is 1. The Morgan fingerprint density at radius 2 is 1.72 bits per heavy atom. The monoisotopic (exact) mass is 341 g/mol. The summed E-state index contributed by atoms with van der Waals surface area (Å²) < 4.78 is 22.0. The van der Waals surface area contributed by atoms with E-state index in [0.29, 0.717) is 42.6 Å². The van der Waals surface area contributed by atoms with Crippen LogP contribution in [0.5, 0.6) is 23.0 Å². The summed E-state index contributed by atoms with van der Waals surface area (Å²) in [5.74, 6) is 2.58. The smallest absolute Gasteiger partial charge is 0.225 e. The number of anilines is 1. The molecule has 0 bridgehead atoms. The van der Waals surface area contributed by atoms with E-state index in [0.717, 1.165) is 16.8 Å². The van der Waals surface area contributed by atoms with Crippen molar-refractivity contribution in [2.75, 3.05) is 32.8 Å². The van der Waals surface area contributed by atoms with E-state index < -0.39 is 0 Å². The summed E-state index contributed by atoms with van der Waals surface area (Å²) in [6.07, 6.45) is 0.363. The van der Waals surface area contributed by atoms with Gasteiger partial charge in [-0.05, 0) is 29.3 Å². The summed E-state index contributed by atoms with van der Waals surface area (Å²) in [5.41, 5.74) is 2.77. The zero-order chi connectivity index (χ0) is 17.4. The van der Waals surface area contributed by atoms with Crippen LogP contribution < -0.4 is 24.3 Å². The Morgan fingerprint density at radius 3 is 2.44 bits per heavy atom. The number of fused-ring (bicyclic) bond motifs is 2. The highest BCUT2D eigenvalue weighted by molar-refractivity contribution is 5.96. The summed E-state index contributed by atoms with van der Waals surface area (Å²) in [6.45, 7) is 1.04. The maximum absolute atomic E-state index is 12.2. The molecule has 2 heterocycles. The third-order valence-electron chi connectivity index (χ3n) is 4.56. The van der Waals surface area contributed by atoms with E-state index in [9.17, 15) is 4.79 Å². The van der Waals surface area contributed by atoms with Crippen LogP contribution in [0.25, 0.3) is 0 Å².